The summed E-state index contributed by atoms with van der Waals surface area (Å²) in [5.74, 6) is 1.40. The van der Waals surface area contributed by atoms with E-state index in [-0.39, 0.29) is 13.5 Å². The van der Waals surface area contributed by atoms with Crippen LogP contribution in [0, 0.1) is 5.92 Å². The fourth-order valence-electron chi connectivity index (χ4n) is 5.22. The Morgan fingerprint density at radius 2 is 1.92 bits per heavy atom. The van der Waals surface area contributed by atoms with Gasteiger partial charge in [0.1, 0.15) is 5.82 Å². The van der Waals surface area contributed by atoms with Crippen molar-refractivity contribution in [1.82, 2.24) is 15.3 Å². The second-order valence-corrected chi connectivity index (χ2v) is 10.8. The fraction of sp³-hybridized carbons (Fsp3) is 0.643. The van der Waals surface area contributed by atoms with E-state index in [9.17, 15) is 0 Å². The molecule has 2 aromatic heterocycles. The molecule has 36 heavy (non-hydrogen) atoms. The van der Waals surface area contributed by atoms with E-state index in [1.165, 1.54) is 32.1 Å². The molecule has 0 unspecified atom stereocenters. The topological polar surface area (TPSA) is 68.3 Å². The molecular formula is C28H42Cl2N4O2. The van der Waals surface area contributed by atoms with Gasteiger partial charge in [0.2, 0.25) is 0 Å². The van der Waals surface area contributed by atoms with Gasteiger partial charge in [-0.1, -0.05) is 30.6 Å². The number of nitrogens with one attached hydrogen (secondary N) is 2. The third-order valence-electron chi connectivity index (χ3n) is 7.08. The highest BCUT2D eigenvalue weighted by Gasteiger charge is 2.23. The predicted octanol–water partition coefficient (Wildman–Crippen LogP) is 6.79. The normalized spacial score (nSPS) is 23.1. The van der Waals surface area contributed by atoms with Crippen LogP contribution in [0.3, 0.4) is 0 Å². The van der Waals surface area contributed by atoms with Gasteiger partial charge < -0.3 is 20.1 Å². The summed E-state index contributed by atoms with van der Waals surface area (Å²) in [5.41, 5.74) is 2.57. The maximum atomic E-state index is 6.57. The van der Waals surface area contributed by atoms with Gasteiger partial charge in [0, 0.05) is 49.8 Å². The minimum absolute atomic E-state index is 0. The van der Waals surface area contributed by atoms with Crippen LogP contribution in [-0.4, -0.2) is 55.0 Å². The standard InChI is InChI=1S/C27H38Cl2N4O2.CH4/c1-18(17-34-2)32-20-8-6-19(7-9-20)13-21-14-23(25(29)16-30-21)27-24(28)10-11-26(33-27)31-15-22-5-3-4-12-35-22;/h10-11,14,16,18-20,22,32H,3-9,12-13,15,17H2,1-2H3,(H,31,33);1H4/t18-,19?,20?,22-;/m1./s1. The summed E-state index contributed by atoms with van der Waals surface area (Å²) in [6.07, 6.45) is 11.1. The lowest BCUT2D eigenvalue weighted by atomic mass is 9.83. The second-order valence-electron chi connectivity index (χ2n) is 10.00. The van der Waals surface area contributed by atoms with Crippen LogP contribution in [0.2, 0.25) is 10.0 Å². The van der Waals surface area contributed by atoms with Crippen LogP contribution in [-0.2, 0) is 15.9 Å². The van der Waals surface area contributed by atoms with Gasteiger partial charge in [-0.05, 0) is 82.4 Å². The largest absolute Gasteiger partial charge is 0.383 e. The Morgan fingerprint density at radius 3 is 2.64 bits per heavy atom. The van der Waals surface area contributed by atoms with Crippen LogP contribution < -0.4 is 10.6 Å². The molecule has 1 saturated carbocycles. The number of hydrogen-bond acceptors (Lipinski definition) is 6. The van der Waals surface area contributed by atoms with Crippen molar-refractivity contribution in [3.8, 4) is 11.3 Å². The van der Waals surface area contributed by atoms with Crippen molar-refractivity contribution in [3.05, 3.63) is 40.1 Å². The zero-order valence-corrected chi connectivity index (χ0v) is 22.4. The van der Waals surface area contributed by atoms with Crippen molar-refractivity contribution in [1.29, 1.82) is 0 Å². The molecule has 4 rings (SSSR count). The Balaban J connectivity index is 0.00000361. The number of rotatable bonds is 10. The molecule has 0 amide bonds. The number of ether oxygens (including phenoxy) is 2. The van der Waals surface area contributed by atoms with Crippen LogP contribution in [0.4, 0.5) is 5.82 Å². The lowest BCUT2D eigenvalue weighted by Gasteiger charge is -2.31. The maximum Gasteiger partial charge on any atom is 0.126 e. The molecule has 0 spiro atoms. The lowest BCUT2D eigenvalue weighted by Crippen LogP contribution is -2.41. The Kier molecular flexibility index (Phi) is 11.7. The first-order valence-corrected chi connectivity index (χ1v) is 13.7. The van der Waals surface area contributed by atoms with Gasteiger partial charge in [-0.2, -0.15) is 0 Å². The van der Waals surface area contributed by atoms with E-state index in [1.807, 2.05) is 12.1 Å². The van der Waals surface area contributed by atoms with E-state index < -0.39 is 0 Å². The van der Waals surface area contributed by atoms with Gasteiger partial charge in [-0.25, -0.2) is 4.98 Å². The van der Waals surface area contributed by atoms with Crippen molar-refractivity contribution in [2.24, 2.45) is 5.92 Å². The molecule has 200 valence electrons. The summed E-state index contributed by atoms with van der Waals surface area (Å²) < 4.78 is 11.1. The summed E-state index contributed by atoms with van der Waals surface area (Å²) >= 11 is 13.1. The average Bonchev–Trinajstić information content (AvgIpc) is 2.87. The highest BCUT2D eigenvalue weighted by molar-refractivity contribution is 6.36. The van der Waals surface area contributed by atoms with Gasteiger partial charge in [0.15, 0.2) is 0 Å². The lowest BCUT2D eigenvalue weighted by molar-refractivity contribution is 0.0247. The molecule has 1 aliphatic carbocycles. The molecule has 0 radical (unpaired) electrons. The zero-order valence-electron chi connectivity index (χ0n) is 20.9. The Bertz CT molecular complexity index is 947. The first-order chi connectivity index (χ1) is 17.0. The number of pyridine rings is 2. The Morgan fingerprint density at radius 1 is 1.11 bits per heavy atom. The van der Waals surface area contributed by atoms with Crippen molar-refractivity contribution in [2.45, 2.75) is 83.9 Å². The predicted molar refractivity (Wildman–Crippen MR) is 150 cm³/mol. The molecule has 1 aliphatic heterocycles. The second kappa shape index (κ2) is 14.5. The van der Waals surface area contributed by atoms with Crippen LogP contribution in [0.5, 0.6) is 0 Å². The van der Waals surface area contributed by atoms with E-state index in [4.69, 9.17) is 37.7 Å². The van der Waals surface area contributed by atoms with Crippen molar-refractivity contribution in [2.75, 3.05) is 32.2 Å². The molecule has 3 heterocycles. The molecule has 1 saturated heterocycles. The van der Waals surface area contributed by atoms with Crippen LogP contribution in [0.1, 0.15) is 65.0 Å². The smallest absolute Gasteiger partial charge is 0.126 e. The molecule has 2 aliphatic rings. The summed E-state index contributed by atoms with van der Waals surface area (Å²) in [6, 6.07) is 6.81. The zero-order chi connectivity index (χ0) is 24.6. The van der Waals surface area contributed by atoms with E-state index >= 15 is 0 Å². The van der Waals surface area contributed by atoms with Crippen molar-refractivity contribution in [3.63, 3.8) is 0 Å². The number of methoxy groups -OCH3 is 1. The quantitative estimate of drug-likeness (QED) is 0.348. The molecule has 0 bridgehead atoms. The van der Waals surface area contributed by atoms with Crippen LogP contribution in [0.15, 0.2) is 24.4 Å². The summed E-state index contributed by atoms with van der Waals surface area (Å²) in [5, 5.41) is 8.25. The van der Waals surface area contributed by atoms with E-state index in [2.05, 4.69) is 28.6 Å². The van der Waals surface area contributed by atoms with E-state index in [1.54, 1.807) is 13.3 Å². The summed E-state index contributed by atoms with van der Waals surface area (Å²) in [6.45, 7) is 4.51. The molecule has 8 heteroatoms. The van der Waals surface area contributed by atoms with Crippen LogP contribution in [0.25, 0.3) is 11.3 Å². The third kappa shape index (κ3) is 8.29. The number of aromatic nitrogens is 2. The van der Waals surface area contributed by atoms with Gasteiger partial charge in [0.25, 0.3) is 0 Å². The maximum absolute atomic E-state index is 6.57. The number of halogens is 2. The fourth-order valence-corrected chi connectivity index (χ4v) is 5.62. The van der Waals surface area contributed by atoms with Gasteiger partial charge in [-0.15, -0.1) is 0 Å². The van der Waals surface area contributed by atoms with Crippen LogP contribution >= 0.6 is 23.2 Å². The minimum atomic E-state index is 0. The SMILES string of the molecule is C.COC[C@@H](C)NC1CCC(Cc2cc(-c3nc(NC[C@H]4CCCCO4)ccc3Cl)c(Cl)cn2)CC1. The Labute approximate surface area is 226 Å². The first kappa shape index (κ1) is 29.1. The molecule has 2 atom stereocenters. The number of hydrogen-bond donors (Lipinski definition) is 2. The third-order valence-corrected chi connectivity index (χ3v) is 7.69. The van der Waals surface area contributed by atoms with Crippen molar-refractivity contribution >= 4 is 29.0 Å². The molecule has 6 nitrogen and oxygen atoms in total. The molecule has 2 N–H and O–H groups in total. The number of nitrogens with zero attached hydrogens (tertiary/aromatic N) is 2. The summed E-state index contributed by atoms with van der Waals surface area (Å²) in [4.78, 5) is 9.43. The Hall–Kier alpha value is -1.44. The molecule has 0 aromatic carbocycles. The summed E-state index contributed by atoms with van der Waals surface area (Å²) in [7, 11) is 1.75. The monoisotopic (exact) mass is 536 g/mol. The van der Waals surface area contributed by atoms with Crippen molar-refractivity contribution < 1.29 is 9.47 Å². The minimum Gasteiger partial charge on any atom is -0.383 e. The highest BCUT2D eigenvalue weighted by Crippen LogP contribution is 2.34. The van der Waals surface area contributed by atoms with E-state index in [0.717, 1.165) is 56.1 Å². The van der Waals surface area contributed by atoms with Gasteiger partial charge in [-0.3, -0.25) is 4.98 Å². The molecular weight excluding hydrogens is 495 g/mol. The van der Waals surface area contributed by atoms with E-state index in [0.29, 0.717) is 33.7 Å². The van der Waals surface area contributed by atoms with Gasteiger partial charge in [0.05, 0.1) is 28.5 Å². The molecule has 2 fully saturated rings. The highest BCUT2D eigenvalue weighted by atomic mass is 35.5. The number of anilines is 1. The van der Waals surface area contributed by atoms with Gasteiger partial charge >= 0.3 is 0 Å². The first-order valence-electron chi connectivity index (χ1n) is 12.9. The average molecular weight is 538 g/mol. The molecule has 2 aromatic rings.